The standard InChI is InChI=1S/C13H27N3O2S/c1-13(2,16-7-5-15(3)6-8-16)11-14-12-4-9-19(17,18)10-12/h12,14H,4-11H2,1-3H3. The second kappa shape index (κ2) is 5.68. The summed E-state index contributed by atoms with van der Waals surface area (Å²) >= 11 is 0. The second-order valence-corrected chi connectivity index (χ2v) is 8.81. The summed E-state index contributed by atoms with van der Waals surface area (Å²) in [6.07, 6.45) is 0.765. The van der Waals surface area contributed by atoms with Crippen molar-refractivity contribution in [3.8, 4) is 0 Å². The Morgan fingerprint density at radius 2 is 1.84 bits per heavy atom. The van der Waals surface area contributed by atoms with Gasteiger partial charge in [-0.05, 0) is 27.3 Å². The van der Waals surface area contributed by atoms with E-state index in [9.17, 15) is 8.42 Å². The van der Waals surface area contributed by atoms with Gasteiger partial charge in [-0.1, -0.05) is 0 Å². The second-order valence-electron chi connectivity index (χ2n) is 6.58. The fourth-order valence-corrected chi connectivity index (χ4v) is 4.58. The van der Waals surface area contributed by atoms with Crippen molar-refractivity contribution in [2.24, 2.45) is 0 Å². The first-order chi connectivity index (χ1) is 8.78. The minimum absolute atomic E-state index is 0.0909. The van der Waals surface area contributed by atoms with Gasteiger partial charge in [0.2, 0.25) is 0 Å². The molecule has 1 N–H and O–H groups in total. The van der Waals surface area contributed by atoms with Crippen LogP contribution in [0.2, 0.25) is 0 Å². The summed E-state index contributed by atoms with van der Waals surface area (Å²) in [4.78, 5) is 4.85. The Kier molecular flexibility index (Phi) is 4.55. The largest absolute Gasteiger partial charge is 0.311 e. The maximum Gasteiger partial charge on any atom is 0.151 e. The number of piperazine rings is 1. The van der Waals surface area contributed by atoms with Crippen molar-refractivity contribution in [3.05, 3.63) is 0 Å². The minimum Gasteiger partial charge on any atom is -0.311 e. The predicted octanol–water partition coefficient (Wildman–Crippen LogP) is -0.211. The third kappa shape index (κ3) is 4.15. The highest BCUT2D eigenvalue weighted by Crippen LogP contribution is 2.17. The van der Waals surface area contributed by atoms with Crippen molar-refractivity contribution in [1.29, 1.82) is 0 Å². The topological polar surface area (TPSA) is 52.6 Å². The van der Waals surface area contributed by atoms with Crippen LogP contribution in [0.4, 0.5) is 0 Å². The molecule has 0 aromatic carbocycles. The third-order valence-corrected chi connectivity index (χ3v) is 6.18. The van der Waals surface area contributed by atoms with Crippen LogP contribution in [-0.4, -0.2) is 81.1 Å². The molecule has 0 saturated carbocycles. The van der Waals surface area contributed by atoms with Crippen LogP contribution in [0.3, 0.4) is 0 Å². The van der Waals surface area contributed by atoms with E-state index in [1.54, 1.807) is 0 Å². The number of nitrogens with one attached hydrogen (secondary N) is 1. The monoisotopic (exact) mass is 289 g/mol. The molecule has 2 heterocycles. The maximum absolute atomic E-state index is 11.4. The lowest BCUT2D eigenvalue weighted by atomic mass is 10.0. The van der Waals surface area contributed by atoms with E-state index in [1.807, 2.05) is 0 Å². The summed E-state index contributed by atoms with van der Waals surface area (Å²) in [6, 6.07) is 0.150. The SMILES string of the molecule is CN1CCN(C(C)(C)CNC2CCS(=O)(=O)C2)CC1. The lowest BCUT2D eigenvalue weighted by molar-refractivity contribution is 0.0606. The molecule has 2 aliphatic rings. The fourth-order valence-electron chi connectivity index (χ4n) is 2.87. The van der Waals surface area contributed by atoms with Gasteiger partial charge in [0.1, 0.15) is 0 Å². The molecule has 0 spiro atoms. The van der Waals surface area contributed by atoms with E-state index >= 15 is 0 Å². The van der Waals surface area contributed by atoms with E-state index in [2.05, 4.69) is 36.0 Å². The number of sulfone groups is 1. The first-order valence-corrected chi connectivity index (χ1v) is 8.98. The molecule has 2 fully saturated rings. The molecule has 2 rings (SSSR count). The van der Waals surface area contributed by atoms with Crippen LogP contribution in [0, 0.1) is 0 Å². The van der Waals surface area contributed by atoms with E-state index in [0.29, 0.717) is 11.5 Å². The molecule has 0 radical (unpaired) electrons. The van der Waals surface area contributed by atoms with E-state index in [0.717, 1.165) is 39.1 Å². The molecule has 19 heavy (non-hydrogen) atoms. The van der Waals surface area contributed by atoms with Crippen molar-refractivity contribution < 1.29 is 8.42 Å². The molecular weight excluding hydrogens is 262 g/mol. The molecule has 112 valence electrons. The highest BCUT2D eigenvalue weighted by atomic mass is 32.2. The molecule has 0 aromatic rings. The Bertz CT molecular complexity index is 400. The van der Waals surface area contributed by atoms with Gasteiger partial charge >= 0.3 is 0 Å². The summed E-state index contributed by atoms with van der Waals surface area (Å²) < 4.78 is 22.9. The van der Waals surface area contributed by atoms with E-state index in [4.69, 9.17) is 0 Å². The van der Waals surface area contributed by atoms with Gasteiger partial charge in [0.05, 0.1) is 11.5 Å². The molecule has 0 amide bonds. The zero-order valence-corrected chi connectivity index (χ0v) is 13.2. The van der Waals surface area contributed by atoms with Crippen LogP contribution in [0.1, 0.15) is 20.3 Å². The minimum atomic E-state index is -2.78. The zero-order chi connectivity index (χ0) is 14.1. The van der Waals surface area contributed by atoms with Crippen LogP contribution in [-0.2, 0) is 9.84 Å². The van der Waals surface area contributed by atoms with Crippen molar-refractivity contribution >= 4 is 9.84 Å². The average Bonchev–Trinajstić information content (AvgIpc) is 2.67. The smallest absolute Gasteiger partial charge is 0.151 e. The molecule has 1 atom stereocenters. The summed E-state index contributed by atoms with van der Waals surface area (Å²) in [7, 11) is -0.619. The molecular formula is C13H27N3O2S. The molecule has 2 saturated heterocycles. The molecule has 1 unspecified atom stereocenters. The number of hydrogen-bond acceptors (Lipinski definition) is 5. The summed E-state index contributed by atoms with van der Waals surface area (Å²) in [5, 5.41) is 3.45. The van der Waals surface area contributed by atoms with E-state index in [1.165, 1.54) is 0 Å². The maximum atomic E-state index is 11.4. The van der Waals surface area contributed by atoms with Gasteiger partial charge in [-0.2, -0.15) is 0 Å². The molecule has 6 heteroatoms. The molecule has 0 bridgehead atoms. The summed E-state index contributed by atoms with van der Waals surface area (Å²) in [6.45, 7) is 9.76. The molecule has 5 nitrogen and oxygen atoms in total. The van der Waals surface area contributed by atoms with Gasteiger partial charge < -0.3 is 10.2 Å². The van der Waals surface area contributed by atoms with Crippen molar-refractivity contribution in [1.82, 2.24) is 15.1 Å². The Hall–Kier alpha value is -0.170. The van der Waals surface area contributed by atoms with Crippen molar-refractivity contribution in [2.45, 2.75) is 31.8 Å². The average molecular weight is 289 g/mol. The highest BCUT2D eigenvalue weighted by molar-refractivity contribution is 7.91. The molecule has 0 aliphatic carbocycles. The summed E-state index contributed by atoms with van der Waals surface area (Å²) in [5.74, 6) is 0.658. The van der Waals surface area contributed by atoms with Crippen LogP contribution in [0.25, 0.3) is 0 Å². The number of hydrogen-bond donors (Lipinski definition) is 1. The van der Waals surface area contributed by atoms with E-state index in [-0.39, 0.29) is 11.6 Å². The quantitative estimate of drug-likeness (QED) is 0.776. The van der Waals surface area contributed by atoms with E-state index < -0.39 is 9.84 Å². The van der Waals surface area contributed by atoms with Gasteiger partial charge in [-0.15, -0.1) is 0 Å². The Morgan fingerprint density at radius 3 is 2.37 bits per heavy atom. The van der Waals surface area contributed by atoms with Gasteiger partial charge in [0, 0.05) is 44.3 Å². The Morgan fingerprint density at radius 1 is 1.21 bits per heavy atom. The normalized spacial score (nSPS) is 29.7. The first kappa shape index (κ1) is 15.2. The van der Waals surface area contributed by atoms with Gasteiger partial charge in [-0.25, -0.2) is 8.42 Å². The van der Waals surface area contributed by atoms with Crippen LogP contribution >= 0.6 is 0 Å². The lowest BCUT2D eigenvalue weighted by Gasteiger charge is -2.43. The lowest BCUT2D eigenvalue weighted by Crippen LogP contribution is -2.58. The van der Waals surface area contributed by atoms with Gasteiger partial charge in [-0.3, -0.25) is 4.90 Å². The van der Waals surface area contributed by atoms with Crippen LogP contribution < -0.4 is 5.32 Å². The Balaban J connectivity index is 1.81. The van der Waals surface area contributed by atoms with Crippen LogP contribution in [0.5, 0.6) is 0 Å². The number of likely N-dealkylation sites (N-methyl/N-ethyl adjacent to an activating group) is 1. The highest BCUT2D eigenvalue weighted by Gasteiger charge is 2.32. The zero-order valence-electron chi connectivity index (χ0n) is 12.4. The first-order valence-electron chi connectivity index (χ1n) is 7.16. The fraction of sp³-hybridized carbons (Fsp3) is 1.00. The molecule has 0 aromatic heterocycles. The number of rotatable bonds is 4. The van der Waals surface area contributed by atoms with Crippen molar-refractivity contribution in [3.63, 3.8) is 0 Å². The van der Waals surface area contributed by atoms with Gasteiger partial charge in [0.15, 0.2) is 9.84 Å². The van der Waals surface area contributed by atoms with Gasteiger partial charge in [0.25, 0.3) is 0 Å². The van der Waals surface area contributed by atoms with Crippen LogP contribution in [0.15, 0.2) is 0 Å². The predicted molar refractivity (Wildman–Crippen MR) is 78.2 cm³/mol. The Labute approximate surface area is 117 Å². The molecule has 2 aliphatic heterocycles. The van der Waals surface area contributed by atoms with Crippen molar-refractivity contribution in [2.75, 3.05) is 51.3 Å². The summed E-state index contributed by atoms with van der Waals surface area (Å²) in [5.41, 5.74) is 0.0909. The third-order valence-electron chi connectivity index (χ3n) is 4.42. The number of nitrogens with zero attached hydrogens (tertiary/aromatic N) is 2.